The van der Waals surface area contributed by atoms with E-state index in [-0.39, 0.29) is 107 Å². The molecule has 13 heterocycles. The van der Waals surface area contributed by atoms with Gasteiger partial charge >= 0.3 is 48.2 Å². The molecule has 15 rings (SSSR count). The SMILES string of the molecule is CC12N3Cc4c(OCCCS(=O)(=O)O)ccc(OCCCS(=O)(=O)O)c4CN1C(=O)N1CN4C(=O)N5CN6C(=O)N7CN8C(=O)N9Cc%10c(OCCCS(=O)(=O)O)ccc(OCCCS(C)(=O)=O)c%10CN%10C(=O)N(CN%11C(=O)N(CN%12C(=O)N(CN(C3=O)C12C)C4[C@H]%125)[C@@H]6[C@H]%117)[C@]8(C)[C@]%109C. The van der Waals surface area contributed by atoms with Crippen molar-refractivity contribution in [3.8, 4) is 23.0 Å². The molecule has 0 radical (unpaired) electrons. The first-order valence-electron chi connectivity index (χ1n) is 31.4. The Balaban J connectivity index is 0.749. The van der Waals surface area contributed by atoms with E-state index in [4.69, 9.17) is 18.9 Å². The molecular weight excluding hydrogens is 1380 g/mol. The predicted octanol–water partition coefficient (Wildman–Crippen LogP) is 0.0534. The number of hydrogen-bond acceptors (Lipinski definition) is 20. The molecule has 16 amide bonds. The van der Waals surface area contributed by atoms with Gasteiger partial charge in [-0.3, -0.25) is 92.1 Å². The topological polar surface area (TPSA) is 423 Å². The van der Waals surface area contributed by atoms with Gasteiger partial charge in [-0.05, 0) is 77.6 Å². The first kappa shape index (κ1) is 65.4. The third kappa shape index (κ3) is 9.14. The first-order valence-corrected chi connectivity index (χ1v) is 38.3. The lowest BCUT2D eigenvalue weighted by molar-refractivity contribution is -0.0871. The van der Waals surface area contributed by atoms with Crippen molar-refractivity contribution in [3.05, 3.63) is 46.5 Å². The van der Waals surface area contributed by atoms with Crippen LogP contribution in [0.4, 0.5) is 38.4 Å². The number of sulfone groups is 1. The van der Waals surface area contributed by atoms with Crippen molar-refractivity contribution in [1.29, 1.82) is 0 Å². The largest absolute Gasteiger partial charge is 0.493 e. The van der Waals surface area contributed by atoms with Crippen molar-refractivity contribution in [3.63, 3.8) is 0 Å². The summed E-state index contributed by atoms with van der Waals surface area (Å²) in [6.45, 7) is 1.45. The van der Waals surface area contributed by atoms with Gasteiger partial charge in [0.15, 0.2) is 47.3 Å². The highest BCUT2D eigenvalue weighted by Crippen LogP contribution is 2.60. The van der Waals surface area contributed by atoms with Crippen LogP contribution in [0.2, 0.25) is 0 Å². The molecule has 13 aliphatic rings. The number of ether oxygens (including phenoxy) is 4. The standard InChI is InChI=1S/C55H70N16O23S4/c1-52-54(3)68-28-60-42-40-56(44(60)72)26-58-41-43-62(46(58)74)30-70-50(78)66-24-34-35(39(94-17-9-21-98(88,89)90)13-12-38(34)93-16-8-20-97(85,86)87)25-67-51(79)71(55(70,4)53(66,67)2)31-63(43)47(75)59(41)27-57(40)45(73)61(42)29-69(54)49(77)65(52)23-33-32(22-64(52)48(68)76)36(91-14-6-18-95(5,80)81)10-11-37(33)92-15-7-19-96(82,83)84/h10-13,40-43H,6-9,14-31H2,1-5H3,(H,82,83,84)(H,85,86,87)(H,88,89,90)/t40-,41+,42+,43?,52+,53?,54-,55?/m0/s1. The Kier molecular flexibility index (Phi) is 14.3. The Labute approximate surface area is 561 Å². The van der Waals surface area contributed by atoms with Crippen molar-refractivity contribution in [1.82, 2.24) is 78.4 Å². The van der Waals surface area contributed by atoms with Crippen molar-refractivity contribution >= 4 is 88.4 Å². The molecule has 2 aromatic rings. The minimum absolute atomic E-state index is 0.0741. The molecule has 98 heavy (non-hydrogen) atoms. The normalized spacial score (nSPS) is 29.6. The van der Waals surface area contributed by atoms with Gasteiger partial charge in [0.25, 0.3) is 30.4 Å². The molecule has 2 aromatic carbocycles. The number of amides is 16. The number of nitrogens with zero attached hydrogens (tertiary/aromatic N) is 16. The second-order valence-corrected chi connectivity index (χ2v) is 34.0. The molecule has 13 aliphatic heterocycles. The molecule has 43 heteroatoms. The minimum Gasteiger partial charge on any atom is -0.493 e. The van der Waals surface area contributed by atoms with Crippen molar-refractivity contribution in [2.45, 2.75) is 127 Å². The molecular formula is C55H70N16O23S4. The number of fused-ring (bicyclic) bond motifs is 2. The first-order chi connectivity index (χ1) is 45.9. The number of urea groups is 8. The van der Waals surface area contributed by atoms with Gasteiger partial charge in [-0.15, -0.1) is 0 Å². The van der Waals surface area contributed by atoms with Gasteiger partial charge in [0.2, 0.25) is 0 Å². The van der Waals surface area contributed by atoms with E-state index < -0.39 is 193 Å². The second kappa shape index (κ2) is 21.5. The van der Waals surface area contributed by atoms with Crippen LogP contribution < -0.4 is 18.9 Å². The van der Waals surface area contributed by atoms with E-state index in [0.29, 0.717) is 22.3 Å². The molecule has 0 aliphatic carbocycles. The molecule has 11 fully saturated rings. The second-order valence-electron chi connectivity index (χ2n) is 27.0. The Morgan fingerprint density at radius 2 is 0.541 bits per heavy atom. The van der Waals surface area contributed by atoms with Gasteiger partial charge in [0, 0.05) is 28.5 Å². The highest BCUT2D eigenvalue weighted by atomic mass is 32.2. The predicted molar refractivity (Wildman–Crippen MR) is 328 cm³/mol. The van der Waals surface area contributed by atoms with Crippen LogP contribution in [0, 0.1) is 0 Å². The van der Waals surface area contributed by atoms with Crippen LogP contribution >= 0.6 is 0 Å². The van der Waals surface area contributed by atoms with Crippen molar-refractivity contribution < 1.29 is 105 Å². The van der Waals surface area contributed by atoms with Crippen LogP contribution in [0.1, 0.15) is 75.6 Å². The van der Waals surface area contributed by atoms with E-state index in [1.807, 2.05) is 0 Å². The lowest BCUT2D eigenvalue weighted by Crippen LogP contribution is -2.69. The molecule has 3 N–H and O–H groups in total. The number of carbonyl (C=O) groups is 8. The smallest absolute Gasteiger partial charge is 0.326 e. The van der Waals surface area contributed by atoms with E-state index in [1.165, 1.54) is 96.6 Å². The number of carbonyl (C=O) groups excluding carboxylic acids is 8. The van der Waals surface area contributed by atoms with Crippen LogP contribution in [0.25, 0.3) is 0 Å². The summed E-state index contributed by atoms with van der Waals surface area (Å²) in [5.74, 6) is -1.40. The fourth-order valence-corrected chi connectivity index (χ4v) is 19.0. The van der Waals surface area contributed by atoms with Crippen molar-refractivity contribution in [2.24, 2.45) is 0 Å². The van der Waals surface area contributed by atoms with Gasteiger partial charge in [-0.2, -0.15) is 25.3 Å². The van der Waals surface area contributed by atoms with E-state index in [1.54, 1.807) is 33.8 Å². The average molecular weight is 1450 g/mol. The summed E-state index contributed by atoms with van der Waals surface area (Å²) < 4.78 is 147. The Hall–Kier alpha value is -8.52. The minimum atomic E-state index is -4.38. The monoisotopic (exact) mass is 1450 g/mol. The number of benzene rings is 2. The Bertz CT molecular complexity index is 3880. The highest BCUT2D eigenvalue weighted by molar-refractivity contribution is 7.90. The molecule has 0 saturated carbocycles. The van der Waals surface area contributed by atoms with E-state index in [0.717, 1.165) is 6.26 Å². The molecule has 39 nitrogen and oxygen atoms in total. The van der Waals surface area contributed by atoms with Crippen LogP contribution in [-0.2, 0) is 66.4 Å². The fraction of sp³-hybridized carbons (Fsp3) is 0.636. The summed E-state index contributed by atoms with van der Waals surface area (Å²) in [7, 11) is -16.5. The zero-order chi connectivity index (χ0) is 70.0. The zero-order valence-corrected chi connectivity index (χ0v) is 56.7. The van der Waals surface area contributed by atoms with Crippen LogP contribution in [0.3, 0.4) is 0 Å². The summed E-state index contributed by atoms with van der Waals surface area (Å²) in [5, 5.41) is 0. The maximum absolute atomic E-state index is 15.6. The maximum Gasteiger partial charge on any atom is 0.326 e. The molecule has 3 unspecified atom stereocenters. The van der Waals surface area contributed by atoms with E-state index in [9.17, 15) is 47.3 Å². The summed E-state index contributed by atoms with van der Waals surface area (Å²) in [5.41, 5.74) is -5.35. The van der Waals surface area contributed by atoms with Crippen LogP contribution in [0.5, 0.6) is 23.0 Å². The Morgan fingerprint density at radius 1 is 0.337 bits per heavy atom. The summed E-state index contributed by atoms with van der Waals surface area (Å²) >= 11 is 0. The fourth-order valence-electron chi connectivity index (χ4n) is 16.9. The lowest BCUT2D eigenvalue weighted by Gasteiger charge is -2.49. The number of rotatable bonds is 20. The molecule has 0 bridgehead atoms. The van der Waals surface area contributed by atoms with Gasteiger partial charge in [-0.1, -0.05) is 0 Å². The summed E-state index contributed by atoms with van der Waals surface area (Å²) in [4.78, 5) is 146. The lowest BCUT2D eigenvalue weighted by atomic mass is 9.95. The van der Waals surface area contributed by atoms with Gasteiger partial charge < -0.3 is 18.9 Å². The van der Waals surface area contributed by atoms with Crippen molar-refractivity contribution in [2.75, 3.05) is 95.7 Å². The van der Waals surface area contributed by atoms with Gasteiger partial charge in [-0.25, -0.2) is 46.8 Å². The summed E-state index contributed by atoms with van der Waals surface area (Å²) in [6.07, 6.45) is -4.37. The highest BCUT2D eigenvalue weighted by Gasteiger charge is 2.80. The molecule has 8 atom stereocenters. The third-order valence-corrected chi connectivity index (χ3v) is 25.4. The third-order valence-electron chi connectivity index (χ3n) is 22.0. The zero-order valence-electron chi connectivity index (χ0n) is 53.5. The van der Waals surface area contributed by atoms with E-state index in [2.05, 4.69) is 0 Å². The molecule has 11 saturated heterocycles. The van der Waals surface area contributed by atoms with Gasteiger partial charge in [0.1, 0.15) is 72.8 Å². The summed E-state index contributed by atoms with van der Waals surface area (Å²) in [6, 6.07) is 0.380. The Morgan fingerprint density at radius 3 is 0.755 bits per heavy atom. The average Bonchev–Trinajstić information content (AvgIpc) is 1.50. The molecule has 0 spiro atoms. The molecule has 0 aromatic heterocycles. The van der Waals surface area contributed by atoms with Crippen LogP contribution in [0.15, 0.2) is 24.3 Å². The van der Waals surface area contributed by atoms with Crippen LogP contribution in [-0.4, -0.2) is 317 Å². The van der Waals surface area contributed by atoms with Gasteiger partial charge in [0.05, 0.1) is 75.6 Å². The quantitative estimate of drug-likeness (QED) is 0.116. The maximum atomic E-state index is 15.6. The number of hydrogen-bond donors (Lipinski definition) is 3. The van der Waals surface area contributed by atoms with E-state index >= 15 is 38.4 Å². The molecule has 532 valence electrons.